The molecule has 0 bridgehead atoms. The van der Waals surface area contributed by atoms with Crippen molar-refractivity contribution in [1.82, 2.24) is 0 Å². The van der Waals surface area contributed by atoms with Gasteiger partial charge in [-0.2, -0.15) is 0 Å². The van der Waals surface area contributed by atoms with Crippen LogP contribution in [0.15, 0.2) is 24.3 Å². The van der Waals surface area contributed by atoms with Crippen molar-refractivity contribution >= 4 is 12.6 Å². The van der Waals surface area contributed by atoms with E-state index in [1.54, 1.807) is 24.3 Å². The molecule has 0 unspecified atom stereocenters. The summed E-state index contributed by atoms with van der Waals surface area (Å²) in [6, 6.07) is 6.97. The summed E-state index contributed by atoms with van der Waals surface area (Å²) >= 11 is 0. The third kappa shape index (κ3) is 1.93. The molecule has 3 nitrogen and oxygen atoms in total. The monoisotopic (exact) mass is 178 g/mol. The molecule has 0 atom stereocenters. The lowest BCUT2D eigenvalue weighted by Gasteiger charge is -2.08. The molecule has 0 heterocycles. The van der Waals surface area contributed by atoms with Crippen LogP contribution in [0.2, 0.25) is 0 Å². The van der Waals surface area contributed by atoms with Crippen molar-refractivity contribution < 1.29 is 14.3 Å². The molecule has 1 aromatic rings. The van der Waals surface area contributed by atoms with Crippen LogP contribution < -0.4 is 4.74 Å². The SMILES string of the molecule is COc1ccccc1C(C=O)C=O. The number of para-hydroxylation sites is 1. The van der Waals surface area contributed by atoms with Crippen molar-refractivity contribution in [2.75, 3.05) is 7.11 Å². The van der Waals surface area contributed by atoms with Crippen LogP contribution in [0.5, 0.6) is 5.75 Å². The van der Waals surface area contributed by atoms with Crippen LogP contribution in [0.1, 0.15) is 11.5 Å². The normalized spacial score (nSPS) is 9.69. The fourth-order valence-corrected chi connectivity index (χ4v) is 1.12. The molecule has 0 N–H and O–H groups in total. The first-order chi connectivity index (χ1) is 6.33. The van der Waals surface area contributed by atoms with Gasteiger partial charge in [0.05, 0.1) is 13.0 Å². The second-order valence-corrected chi connectivity index (χ2v) is 2.54. The van der Waals surface area contributed by atoms with Gasteiger partial charge in [-0.05, 0) is 6.07 Å². The van der Waals surface area contributed by atoms with Crippen molar-refractivity contribution in [1.29, 1.82) is 0 Å². The van der Waals surface area contributed by atoms with Crippen molar-refractivity contribution in [3.05, 3.63) is 29.8 Å². The van der Waals surface area contributed by atoms with Crippen LogP contribution in [0.3, 0.4) is 0 Å². The summed E-state index contributed by atoms with van der Waals surface area (Å²) in [7, 11) is 1.51. The quantitative estimate of drug-likeness (QED) is 0.513. The fraction of sp³-hybridized carbons (Fsp3) is 0.200. The van der Waals surface area contributed by atoms with Gasteiger partial charge in [0.15, 0.2) is 0 Å². The highest BCUT2D eigenvalue weighted by Gasteiger charge is 2.12. The van der Waals surface area contributed by atoms with E-state index in [1.807, 2.05) is 0 Å². The zero-order chi connectivity index (χ0) is 9.68. The Kier molecular flexibility index (Phi) is 3.20. The van der Waals surface area contributed by atoms with Crippen LogP contribution in [-0.4, -0.2) is 19.7 Å². The topological polar surface area (TPSA) is 43.4 Å². The Hall–Kier alpha value is -1.64. The minimum absolute atomic E-state index is 0.562. The highest BCUT2D eigenvalue weighted by Crippen LogP contribution is 2.23. The van der Waals surface area contributed by atoms with Crippen LogP contribution >= 0.6 is 0 Å². The molecule has 0 amide bonds. The lowest BCUT2D eigenvalue weighted by molar-refractivity contribution is -0.116. The van der Waals surface area contributed by atoms with Crippen LogP contribution in [0.25, 0.3) is 0 Å². The van der Waals surface area contributed by atoms with Gasteiger partial charge in [-0.25, -0.2) is 0 Å². The Morgan fingerprint density at radius 2 is 1.85 bits per heavy atom. The Labute approximate surface area is 76.3 Å². The van der Waals surface area contributed by atoms with Gasteiger partial charge in [0.25, 0.3) is 0 Å². The van der Waals surface area contributed by atoms with E-state index in [9.17, 15) is 9.59 Å². The number of carbonyl (C=O) groups excluding carboxylic acids is 2. The summed E-state index contributed by atoms with van der Waals surface area (Å²) < 4.78 is 5.01. The number of methoxy groups -OCH3 is 1. The Morgan fingerprint density at radius 3 is 2.38 bits per heavy atom. The van der Waals surface area contributed by atoms with Gasteiger partial charge in [0.2, 0.25) is 0 Å². The summed E-state index contributed by atoms with van der Waals surface area (Å²) in [6.45, 7) is 0. The predicted molar refractivity (Wildman–Crippen MR) is 47.9 cm³/mol. The highest BCUT2D eigenvalue weighted by atomic mass is 16.5. The molecule has 1 aromatic carbocycles. The summed E-state index contributed by atoms with van der Waals surface area (Å²) in [5.41, 5.74) is 0.606. The molecule has 3 heteroatoms. The van der Waals surface area contributed by atoms with Gasteiger partial charge in [0.1, 0.15) is 18.3 Å². The molecule has 0 aromatic heterocycles. The molecule has 1 rings (SSSR count). The van der Waals surface area contributed by atoms with Crippen LogP contribution in [0.4, 0.5) is 0 Å². The molecule has 0 aliphatic carbocycles. The smallest absolute Gasteiger partial charge is 0.134 e. The number of benzene rings is 1. The minimum atomic E-state index is -0.726. The minimum Gasteiger partial charge on any atom is -0.496 e. The third-order valence-electron chi connectivity index (χ3n) is 1.79. The number of hydrogen-bond donors (Lipinski definition) is 0. The van der Waals surface area contributed by atoms with Crippen molar-refractivity contribution in [3.63, 3.8) is 0 Å². The van der Waals surface area contributed by atoms with E-state index < -0.39 is 5.92 Å². The molecule has 0 spiro atoms. The molecule has 0 saturated heterocycles. The largest absolute Gasteiger partial charge is 0.496 e. The zero-order valence-corrected chi connectivity index (χ0v) is 7.27. The molecule has 0 aliphatic heterocycles. The van der Waals surface area contributed by atoms with Gasteiger partial charge < -0.3 is 14.3 Å². The summed E-state index contributed by atoms with van der Waals surface area (Å²) in [5, 5.41) is 0. The first-order valence-corrected chi connectivity index (χ1v) is 3.87. The first-order valence-electron chi connectivity index (χ1n) is 3.87. The third-order valence-corrected chi connectivity index (χ3v) is 1.79. The summed E-state index contributed by atoms with van der Waals surface area (Å²) in [6.07, 6.45) is 1.20. The lowest BCUT2D eigenvalue weighted by atomic mass is 10.0. The van der Waals surface area contributed by atoms with Crippen LogP contribution in [0, 0.1) is 0 Å². The highest BCUT2D eigenvalue weighted by molar-refractivity contribution is 5.86. The summed E-state index contributed by atoms with van der Waals surface area (Å²) in [4.78, 5) is 21.0. The second-order valence-electron chi connectivity index (χ2n) is 2.54. The standard InChI is InChI=1S/C10H10O3/c1-13-10-5-3-2-4-9(10)8(6-11)7-12/h2-8H,1H3. The van der Waals surface area contributed by atoms with Crippen molar-refractivity contribution in [3.8, 4) is 5.75 Å². The molecule has 0 saturated carbocycles. The molecule has 0 radical (unpaired) electrons. The maximum atomic E-state index is 10.5. The van der Waals surface area contributed by atoms with E-state index in [4.69, 9.17) is 4.74 Å². The zero-order valence-electron chi connectivity index (χ0n) is 7.27. The fourth-order valence-electron chi connectivity index (χ4n) is 1.12. The van der Waals surface area contributed by atoms with E-state index >= 15 is 0 Å². The molecule has 13 heavy (non-hydrogen) atoms. The van der Waals surface area contributed by atoms with Gasteiger partial charge in [-0.15, -0.1) is 0 Å². The van der Waals surface area contributed by atoms with Gasteiger partial charge in [-0.3, -0.25) is 0 Å². The van der Waals surface area contributed by atoms with Gasteiger partial charge >= 0.3 is 0 Å². The Balaban J connectivity index is 3.10. The average Bonchev–Trinajstić information content (AvgIpc) is 2.20. The van der Waals surface area contributed by atoms with Gasteiger partial charge in [-0.1, -0.05) is 18.2 Å². The van der Waals surface area contributed by atoms with E-state index in [-0.39, 0.29) is 0 Å². The van der Waals surface area contributed by atoms with E-state index in [2.05, 4.69) is 0 Å². The van der Waals surface area contributed by atoms with E-state index in [0.29, 0.717) is 23.9 Å². The Morgan fingerprint density at radius 1 is 1.23 bits per heavy atom. The molecule has 0 fully saturated rings. The summed E-state index contributed by atoms with van der Waals surface area (Å²) in [5.74, 6) is -0.164. The van der Waals surface area contributed by atoms with Gasteiger partial charge in [0, 0.05) is 5.56 Å². The maximum absolute atomic E-state index is 10.5. The average molecular weight is 178 g/mol. The number of carbonyl (C=O) groups is 2. The molecular formula is C10H10O3. The molecule has 0 aliphatic rings. The van der Waals surface area contributed by atoms with E-state index in [0.717, 1.165) is 0 Å². The number of aldehydes is 2. The van der Waals surface area contributed by atoms with Crippen molar-refractivity contribution in [2.45, 2.75) is 5.92 Å². The van der Waals surface area contributed by atoms with E-state index in [1.165, 1.54) is 7.11 Å². The predicted octanol–water partition coefficient (Wildman–Crippen LogP) is 1.18. The molecule has 68 valence electrons. The number of ether oxygens (including phenoxy) is 1. The van der Waals surface area contributed by atoms with Crippen molar-refractivity contribution in [2.24, 2.45) is 0 Å². The Bertz CT molecular complexity index is 299. The lowest BCUT2D eigenvalue weighted by Crippen LogP contribution is -2.03. The molecular weight excluding hydrogens is 168 g/mol. The maximum Gasteiger partial charge on any atom is 0.134 e. The number of hydrogen-bond acceptors (Lipinski definition) is 3. The first kappa shape index (κ1) is 9.45. The number of rotatable bonds is 4. The van der Waals surface area contributed by atoms with Crippen LogP contribution in [-0.2, 0) is 9.59 Å². The second kappa shape index (κ2) is 4.40.